The third kappa shape index (κ3) is 10.9. The molecule has 1 atom stereocenters. The van der Waals surface area contributed by atoms with Crippen molar-refractivity contribution in [1.82, 2.24) is 0 Å². The second-order valence-corrected chi connectivity index (χ2v) is 10.3. The zero-order chi connectivity index (χ0) is 27.0. The molecule has 6 nitrogen and oxygen atoms in total. The van der Waals surface area contributed by atoms with Gasteiger partial charge < -0.3 is 14.8 Å². The first kappa shape index (κ1) is 30.8. The van der Waals surface area contributed by atoms with Crippen molar-refractivity contribution in [3.8, 4) is 5.75 Å². The van der Waals surface area contributed by atoms with Gasteiger partial charge in [0, 0.05) is 5.56 Å². The van der Waals surface area contributed by atoms with E-state index in [0.29, 0.717) is 17.9 Å². The molecule has 0 fully saturated rings. The monoisotopic (exact) mass is 593 g/mol. The number of nitrogens with one attached hydrogen (secondary N) is 1. The number of ketones is 1. The molecule has 1 amide bonds. The Balaban J connectivity index is 1.78. The quantitative estimate of drug-likeness (QED) is 0.0659. The standard InChI is InChI=1S/C29H37BrClNO5/c1-3-4-5-6-7-8-9-10-11-12-19-37-29(35)22-15-18-24(31)25(20-22)32-28(34)26(30)27(33)21-13-16-23(36-2)17-14-21/h13-18,20,26H,3-12,19H2,1-2H3,(H,32,34)/t26-/m1/s1. The molecule has 0 spiro atoms. The summed E-state index contributed by atoms with van der Waals surface area (Å²) in [6, 6.07) is 11.0. The topological polar surface area (TPSA) is 81.7 Å². The number of carbonyl (C=O) groups is 3. The Hall–Kier alpha value is -2.38. The summed E-state index contributed by atoms with van der Waals surface area (Å²) >= 11 is 9.38. The number of methoxy groups -OCH3 is 1. The Labute approximate surface area is 233 Å². The first-order chi connectivity index (χ1) is 17.9. The third-order valence-corrected chi connectivity index (χ3v) is 7.19. The lowest BCUT2D eigenvalue weighted by Gasteiger charge is -2.13. The molecule has 0 bridgehead atoms. The zero-order valence-electron chi connectivity index (χ0n) is 21.7. The number of halogens is 2. The minimum Gasteiger partial charge on any atom is -0.497 e. The summed E-state index contributed by atoms with van der Waals surface area (Å²) in [6.45, 7) is 2.57. The molecule has 0 heterocycles. The highest BCUT2D eigenvalue weighted by atomic mass is 79.9. The van der Waals surface area contributed by atoms with E-state index in [-0.39, 0.29) is 16.3 Å². The number of benzene rings is 2. The van der Waals surface area contributed by atoms with Crippen molar-refractivity contribution in [2.24, 2.45) is 0 Å². The Morgan fingerprint density at radius 2 is 1.43 bits per heavy atom. The first-order valence-electron chi connectivity index (χ1n) is 13.0. The van der Waals surface area contributed by atoms with Gasteiger partial charge >= 0.3 is 5.97 Å². The number of ether oxygens (including phenoxy) is 2. The maximum absolute atomic E-state index is 12.7. The van der Waals surface area contributed by atoms with Crippen LogP contribution in [0.3, 0.4) is 0 Å². The fourth-order valence-corrected chi connectivity index (χ4v) is 4.35. The fraction of sp³-hybridized carbons (Fsp3) is 0.483. The number of Topliss-reactive ketones (excluding diaryl/α,β-unsaturated/α-hetero) is 1. The molecular formula is C29H37BrClNO5. The van der Waals surface area contributed by atoms with E-state index in [1.807, 2.05) is 0 Å². The Kier molecular flexibility index (Phi) is 14.3. The number of anilines is 1. The normalized spacial score (nSPS) is 11.6. The van der Waals surface area contributed by atoms with Gasteiger partial charge in [0.1, 0.15) is 5.75 Å². The van der Waals surface area contributed by atoms with Crippen molar-refractivity contribution in [3.05, 3.63) is 58.6 Å². The number of carbonyl (C=O) groups excluding carboxylic acids is 3. The van der Waals surface area contributed by atoms with Crippen molar-refractivity contribution < 1.29 is 23.9 Å². The number of rotatable bonds is 17. The number of unbranched alkanes of at least 4 members (excludes halogenated alkanes) is 9. The molecule has 0 aliphatic carbocycles. The van der Waals surface area contributed by atoms with Gasteiger partial charge in [0.25, 0.3) is 0 Å². The van der Waals surface area contributed by atoms with E-state index >= 15 is 0 Å². The van der Waals surface area contributed by atoms with Crippen LogP contribution in [0.25, 0.3) is 0 Å². The van der Waals surface area contributed by atoms with Crippen LogP contribution in [0.15, 0.2) is 42.5 Å². The lowest BCUT2D eigenvalue weighted by atomic mass is 10.1. The van der Waals surface area contributed by atoms with Gasteiger partial charge in [-0.25, -0.2) is 4.79 Å². The Morgan fingerprint density at radius 1 is 0.865 bits per heavy atom. The molecule has 37 heavy (non-hydrogen) atoms. The number of esters is 1. The van der Waals surface area contributed by atoms with Gasteiger partial charge in [-0.1, -0.05) is 92.2 Å². The molecule has 0 radical (unpaired) electrons. The Bertz CT molecular complexity index is 1010. The van der Waals surface area contributed by atoms with Crippen LogP contribution in [0, 0.1) is 0 Å². The van der Waals surface area contributed by atoms with Gasteiger partial charge in [0.2, 0.25) is 5.91 Å². The van der Waals surface area contributed by atoms with Crippen LogP contribution in [-0.4, -0.2) is 36.2 Å². The summed E-state index contributed by atoms with van der Waals surface area (Å²) in [5.41, 5.74) is 0.861. The highest BCUT2D eigenvalue weighted by Crippen LogP contribution is 2.25. The van der Waals surface area contributed by atoms with Gasteiger partial charge in [-0.2, -0.15) is 0 Å². The summed E-state index contributed by atoms with van der Waals surface area (Å²) < 4.78 is 10.5. The smallest absolute Gasteiger partial charge is 0.338 e. The molecule has 1 N–H and O–H groups in total. The van der Waals surface area contributed by atoms with Crippen molar-refractivity contribution in [3.63, 3.8) is 0 Å². The predicted octanol–water partition coefficient (Wildman–Crippen LogP) is 8.01. The van der Waals surface area contributed by atoms with Crippen LogP contribution in [-0.2, 0) is 9.53 Å². The molecule has 8 heteroatoms. The highest BCUT2D eigenvalue weighted by molar-refractivity contribution is 9.10. The van der Waals surface area contributed by atoms with Gasteiger partial charge in [-0.05, 0) is 48.9 Å². The van der Waals surface area contributed by atoms with Crippen LogP contribution < -0.4 is 10.1 Å². The number of amides is 1. The SMILES string of the molecule is CCCCCCCCCCCCOC(=O)c1ccc(Cl)c(NC(=O)[C@H](Br)C(=O)c2ccc(OC)cc2)c1. The summed E-state index contributed by atoms with van der Waals surface area (Å²) in [7, 11) is 1.53. The van der Waals surface area contributed by atoms with E-state index in [2.05, 4.69) is 28.2 Å². The summed E-state index contributed by atoms with van der Waals surface area (Å²) in [5.74, 6) is -0.884. The van der Waals surface area contributed by atoms with Crippen molar-refractivity contribution in [2.45, 2.75) is 76.0 Å². The lowest BCUT2D eigenvalue weighted by molar-refractivity contribution is -0.114. The van der Waals surface area contributed by atoms with Gasteiger partial charge in [0.05, 0.1) is 30.0 Å². The third-order valence-electron chi connectivity index (χ3n) is 6.03. The average Bonchev–Trinajstić information content (AvgIpc) is 2.91. The maximum atomic E-state index is 12.7. The van der Waals surface area contributed by atoms with E-state index in [0.717, 1.165) is 19.3 Å². The number of alkyl halides is 1. The van der Waals surface area contributed by atoms with Gasteiger partial charge in [0.15, 0.2) is 10.6 Å². The summed E-state index contributed by atoms with van der Waals surface area (Å²) in [4.78, 5) is 36.7. The minimum atomic E-state index is -1.14. The number of hydrogen-bond donors (Lipinski definition) is 1. The average molecular weight is 595 g/mol. The molecule has 2 rings (SSSR count). The molecule has 0 aliphatic rings. The van der Waals surface area contributed by atoms with Crippen molar-refractivity contribution in [1.29, 1.82) is 0 Å². The molecule has 202 valence electrons. The molecule has 0 aromatic heterocycles. The van der Waals surface area contributed by atoms with Gasteiger partial charge in [-0.3, -0.25) is 9.59 Å². The second kappa shape index (κ2) is 17.2. The molecule has 2 aromatic rings. The van der Waals surface area contributed by atoms with E-state index in [4.69, 9.17) is 21.1 Å². The molecule has 0 unspecified atom stereocenters. The molecular weight excluding hydrogens is 558 g/mol. The maximum Gasteiger partial charge on any atom is 0.338 e. The van der Waals surface area contributed by atoms with Crippen molar-refractivity contribution >= 4 is 50.9 Å². The van der Waals surface area contributed by atoms with Crippen LogP contribution in [0.4, 0.5) is 5.69 Å². The Morgan fingerprint density at radius 3 is 2.03 bits per heavy atom. The largest absolute Gasteiger partial charge is 0.497 e. The van der Waals surface area contributed by atoms with Gasteiger partial charge in [-0.15, -0.1) is 0 Å². The lowest BCUT2D eigenvalue weighted by Crippen LogP contribution is -2.30. The molecule has 0 saturated heterocycles. The van der Waals surface area contributed by atoms with Crippen LogP contribution in [0.1, 0.15) is 91.8 Å². The van der Waals surface area contributed by atoms with Crippen LogP contribution >= 0.6 is 27.5 Å². The van der Waals surface area contributed by atoms with Crippen LogP contribution in [0.2, 0.25) is 5.02 Å². The molecule has 0 saturated carbocycles. The van der Waals surface area contributed by atoms with Crippen LogP contribution in [0.5, 0.6) is 5.75 Å². The van der Waals surface area contributed by atoms with E-state index in [1.165, 1.54) is 64.2 Å². The predicted molar refractivity (Wildman–Crippen MR) is 152 cm³/mol. The van der Waals surface area contributed by atoms with E-state index < -0.39 is 22.5 Å². The summed E-state index contributed by atoms with van der Waals surface area (Å²) in [5, 5.41) is 2.87. The zero-order valence-corrected chi connectivity index (χ0v) is 24.0. The summed E-state index contributed by atoms with van der Waals surface area (Å²) in [6.07, 6.45) is 12.0. The van der Waals surface area contributed by atoms with E-state index in [1.54, 1.807) is 30.3 Å². The minimum absolute atomic E-state index is 0.229. The molecule has 0 aliphatic heterocycles. The second-order valence-electron chi connectivity index (χ2n) is 8.96. The van der Waals surface area contributed by atoms with E-state index in [9.17, 15) is 14.4 Å². The highest BCUT2D eigenvalue weighted by Gasteiger charge is 2.25. The van der Waals surface area contributed by atoms with Crippen molar-refractivity contribution in [2.75, 3.05) is 19.0 Å². The molecule has 2 aromatic carbocycles. The first-order valence-corrected chi connectivity index (χ1v) is 14.3. The number of hydrogen-bond acceptors (Lipinski definition) is 5. The fourth-order valence-electron chi connectivity index (χ4n) is 3.80.